The first-order valence-corrected chi connectivity index (χ1v) is 17.4. The van der Waals surface area contributed by atoms with Gasteiger partial charge in [-0.25, -0.2) is 87.8 Å². The Labute approximate surface area is 349 Å². The van der Waals surface area contributed by atoms with E-state index in [2.05, 4.69) is 4.98 Å². The smallest absolute Gasteiger partial charge is 0.227 e. The zero-order chi connectivity index (χ0) is 48.6. The van der Waals surface area contributed by atoms with E-state index in [4.69, 9.17) is 5.11 Å². The van der Waals surface area contributed by atoms with Gasteiger partial charge in [0, 0.05) is 18.2 Å². The zero-order valence-corrected chi connectivity index (χ0v) is 31.3. The van der Waals surface area contributed by atoms with Crippen molar-refractivity contribution in [2.75, 3.05) is 6.61 Å². The summed E-state index contributed by atoms with van der Waals surface area (Å²) in [6.07, 6.45) is 2.22. The minimum Gasteiger partial charge on any atom is -0.396 e. The Kier molecular flexibility index (Phi) is 14.5. The van der Waals surface area contributed by atoms with E-state index < -0.39 is 144 Å². The first-order valence-electron chi connectivity index (χ1n) is 17.4. The van der Waals surface area contributed by atoms with Crippen LogP contribution in [-0.2, 0) is 6.54 Å². The van der Waals surface area contributed by atoms with E-state index >= 15 is 35.1 Å². The molecule has 0 saturated carbocycles. The summed E-state index contributed by atoms with van der Waals surface area (Å²) >= 11 is 0. The van der Waals surface area contributed by atoms with Gasteiger partial charge in [0.15, 0.2) is 76.0 Å². The number of Topliss-reactive ketones (excluding diaryl/α,β-unsaturated/α-hetero) is 1. The second kappa shape index (κ2) is 19.1. The number of ketones is 1. The summed E-state index contributed by atoms with van der Waals surface area (Å²) in [4.78, 5) is 16.2. The van der Waals surface area contributed by atoms with Crippen molar-refractivity contribution in [3.8, 4) is 0 Å². The number of hydrogen-bond acceptors (Lipinski definition) is 3. The summed E-state index contributed by atoms with van der Waals surface area (Å²) < 4.78 is 296. The predicted molar refractivity (Wildman–Crippen MR) is 185 cm³/mol. The molecule has 4 nitrogen and oxygen atoms in total. The topological polar surface area (TPSA) is 54.1 Å². The van der Waals surface area contributed by atoms with Crippen molar-refractivity contribution in [2.24, 2.45) is 0 Å². The molecule has 0 aliphatic heterocycles. The van der Waals surface area contributed by atoms with Gasteiger partial charge in [-0.05, 0) is 6.42 Å². The maximum absolute atomic E-state index is 15.4. The summed E-state index contributed by atoms with van der Waals surface area (Å²) in [6, 6.07) is 9.22. The van der Waals surface area contributed by atoms with E-state index in [0.29, 0.717) is 12.0 Å². The number of aliphatic hydroxyl groups is 1. The third-order valence-corrected chi connectivity index (χ3v) is 9.57. The quantitative estimate of drug-likeness (QED) is 0.0387. The van der Waals surface area contributed by atoms with Gasteiger partial charge in [0.25, 0.3) is 0 Å². The van der Waals surface area contributed by atoms with Gasteiger partial charge in [0.1, 0.15) is 52.7 Å². The molecular weight excluding hydrogens is 931 g/mol. The molecule has 6 aromatic rings. The molecule has 0 amide bonds. The first kappa shape index (κ1) is 49.2. The van der Waals surface area contributed by atoms with E-state index in [1.807, 2.05) is 47.1 Å². The predicted octanol–water partition coefficient (Wildman–Crippen LogP) is 7.49. The Bertz CT molecular complexity index is 2520. The molecule has 5 aromatic carbocycles. The van der Waals surface area contributed by atoms with Gasteiger partial charge in [0.05, 0.1) is 12.4 Å². The first-order chi connectivity index (χ1) is 30.5. The minimum atomic E-state index is -7.22. The highest BCUT2D eigenvalue weighted by Crippen LogP contribution is 2.30. The lowest BCUT2D eigenvalue weighted by Gasteiger charge is -2.44. The highest BCUT2D eigenvalue weighted by atomic mass is 19.2. The van der Waals surface area contributed by atoms with Crippen molar-refractivity contribution in [3.05, 3.63) is 183 Å². The van der Waals surface area contributed by atoms with E-state index in [0.717, 1.165) is 5.69 Å². The number of carbonyl (C=O) groups excluding carboxylic acids is 1. The Hall–Kier alpha value is -6.79. The molecule has 1 N–H and O–H groups in total. The SMILES string of the molecule is Fc1c(F)c(F)c([B-](c2c(F)c(F)c(F)c(F)c2F)(c2c(F)c(F)c(F)c(F)c2F)c2c(F)c(F)c(F)c(F)c2F)c(F)c1F.O=C(C[n+]1ccncc1C=CCCO)c1ccccc1. The minimum absolute atomic E-state index is 0.0543. The Morgan fingerprint density at radius 3 is 1.11 bits per heavy atom. The molecule has 25 heteroatoms. The summed E-state index contributed by atoms with van der Waals surface area (Å²) in [5.74, 6) is -71.4. The van der Waals surface area contributed by atoms with Crippen LogP contribution in [0.3, 0.4) is 0 Å². The number of hydrogen-bond donors (Lipinski definition) is 1. The van der Waals surface area contributed by atoms with Gasteiger partial charge in [-0.2, -0.15) is 4.57 Å². The fourth-order valence-corrected chi connectivity index (χ4v) is 6.70. The number of benzene rings is 5. The van der Waals surface area contributed by atoms with E-state index in [9.17, 15) is 57.5 Å². The fourth-order valence-electron chi connectivity index (χ4n) is 6.70. The molecule has 0 fully saturated rings. The van der Waals surface area contributed by atoms with Crippen LogP contribution in [-0.4, -0.2) is 28.6 Å². The van der Waals surface area contributed by atoms with Crippen molar-refractivity contribution in [1.29, 1.82) is 0 Å². The van der Waals surface area contributed by atoms with Crippen LogP contribution >= 0.6 is 0 Å². The average molecular weight is 948 g/mol. The van der Waals surface area contributed by atoms with Crippen LogP contribution in [0.25, 0.3) is 6.08 Å². The summed E-state index contributed by atoms with van der Waals surface area (Å²) in [5.41, 5.74) is -12.8. The summed E-state index contributed by atoms with van der Waals surface area (Å²) in [5, 5.41) is 8.78. The van der Waals surface area contributed by atoms with Crippen molar-refractivity contribution < 1.29 is 102 Å². The lowest BCUT2D eigenvalue weighted by molar-refractivity contribution is -0.685. The maximum Gasteiger partial charge on any atom is 0.227 e. The molecule has 0 bridgehead atoms. The Morgan fingerprint density at radius 2 is 0.800 bits per heavy atom. The zero-order valence-electron chi connectivity index (χ0n) is 31.3. The van der Waals surface area contributed by atoms with Gasteiger partial charge in [-0.15, -0.1) is 21.9 Å². The molecule has 0 radical (unpaired) electrons. The molecule has 0 atom stereocenters. The van der Waals surface area contributed by atoms with E-state index in [1.54, 1.807) is 18.6 Å². The van der Waals surface area contributed by atoms with Crippen LogP contribution in [0.2, 0.25) is 0 Å². The molecule has 0 spiro atoms. The lowest BCUT2D eigenvalue weighted by Crippen LogP contribution is -2.81. The largest absolute Gasteiger partial charge is 0.396 e. The molecular formula is C40H17BF20N2O2. The Balaban J connectivity index is 0.000000330. The van der Waals surface area contributed by atoms with Crippen molar-refractivity contribution in [1.82, 2.24) is 4.98 Å². The summed E-state index contributed by atoms with van der Waals surface area (Å²) in [6.45, 7) is 0.380. The van der Waals surface area contributed by atoms with Crippen LogP contribution in [0, 0.1) is 116 Å². The highest BCUT2D eigenvalue weighted by Gasteiger charge is 2.52. The number of nitrogens with zero attached hydrogens (tertiary/aromatic N) is 2. The molecule has 1 aromatic heterocycles. The number of aliphatic hydroxyl groups excluding tert-OH is 1. The van der Waals surface area contributed by atoms with Gasteiger partial charge in [-0.3, -0.25) is 9.78 Å². The van der Waals surface area contributed by atoms with Crippen molar-refractivity contribution in [3.63, 3.8) is 0 Å². The molecule has 0 aliphatic rings. The summed E-state index contributed by atoms with van der Waals surface area (Å²) in [7, 11) is 0. The third-order valence-electron chi connectivity index (χ3n) is 9.57. The van der Waals surface area contributed by atoms with Gasteiger partial charge < -0.3 is 5.11 Å². The van der Waals surface area contributed by atoms with Gasteiger partial charge >= 0.3 is 0 Å². The standard InChI is InChI=1S/C24BF20.C16H17N2O2/c26-5-1(6(27)14(35)21(42)13(5)34)25(2-7(28)15(36)22(43)16(37)8(2)29,3-9(30)17(38)23(44)18(39)10(3)31)4-11(32)19(40)24(45)20(41)12(4)33;19-11-5-4-8-15-12-17-9-10-18(15)13-16(20)14-6-2-1-3-7-14/h;1-4,6-10,12,19H,5,11,13H2/q-1;+1. The fraction of sp³-hybridized carbons (Fsp3) is 0.0750. The molecule has 6 rings (SSSR count). The number of carbonyl (C=O) groups is 1. The number of aromatic nitrogens is 2. The normalized spacial score (nSPS) is 11.6. The lowest BCUT2D eigenvalue weighted by atomic mass is 9.12. The van der Waals surface area contributed by atoms with Crippen molar-refractivity contribution >= 4 is 39.9 Å². The highest BCUT2D eigenvalue weighted by molar-refractivity contribution is 7.20. The Morgan fingerprint density at radius 1 is 0.492 bits per heavy atom. The van der Waals surface area contributed by atoms with Crippen LogP contribution in [0.15, 0.2) is 55.0 Å². The number of rotatable bonds is 10. The van der Waals surface area contributed by atoms with Gasteiger partial charge in [0.2, 0.25) is 18.0 Å². The van der Waals surface area contributed by atoms with E-state index in [1.165, 1.54) is 0 Å². The van der Waals surface area contributed by atoms with Crippen LogP contribution in [0.1, 0.15) is 22.5 Å². The van der Waals surface area contributed by atoms with Gasteiger partial charge in [-0.1, -0.05) is 36.4 Å². The second-order valence-corrected chi connectivity index (χ2v) is 13.1. The molecule has 342 valence electrons. The number of halogens is 20. The average Bonchev–Trinajstić information content (AvgIpc) is 3.30. The van der Waals surface area contributed by atoms with Crippen LogP contribution in [0.4, 0.5) is 87.8 Å². The van der Waals surface area contributed by atoms with Crippen LogP contribution < -0.4 is 26.4 Å². The molecule has 0 saturated heterocycles. The van der Waals surface area contributed by atoms with Crippen molar-refractivity contribution in [2.45, 2.75) is 13.0 Å². The third kappa shape index (κ3) is 8.27. The molecule has 0 aliphatic carbocycles. The second-order valence-electron chi connectivity index (χ2n) is 13.1. The van der Waals surface area contributed by atoms with E-state index in [-0.39, 0.29) is 18.9 Å². The van der Waals surface area contributed by atoms with Crippen LogP contribution in [0.5, 0.6) is 0 Å². The molecule has 1 heterocycles. The molecule has 65 heavy (non-hydrogen) atoms. The maximum atomic E-state index is 15.4. The monoisotopic (exact) mass is 948 g/mol. The molecule has 0 unspecified atom stereocenters.